The summed E-state index contributed by atoms with van der Waals surface area (Å²) in [5.41, 5.74) is 3.60. The highest BCUT2D eigenvalue weighted by molar-refractivity contribution is 6.14. The Morgan fingerprint density at radius 2 is 1.92 bits per heavy atom. The molecule has 188 valence electrons. The number of carbonyl (C=O) groups is 1. The summed E-state index contributed by atoms with van der Waals surface area (Å²) in [7, 11) is 1.79. The molecule has 1 saturated carbocycles. The summed E-state index contributed by atoms with van der Waals surface area (Å²) in [6.45, 7) is 6.62. The van der Waals surface area contributed by atoms with Crippen molar-refractivity contribution < 1.29 is 9.18 Å². The minimum atomic E-state index is -0.583. The lowest BCUT2D eigenvalue weighted by molar-refractivity contribution is 0.102. The van der Waals surface area contributed by atoms with E-state index in [0.717, 1.165) is 67.8 Å². The van der Waals surface area contributed by atoms with Crippen LogP contribution in [0.1, 0.15) is 60.3 Å². The number of aromatic nitrogens is 5. The molecule has 3 aromatic heterocycles. The number of hydrogen-bond acceptors (Lipinski definition) is 6. The molecule has 9 nitrogen and oxygen atoms in total. The first kappa shape index (κ1) is 22.9. The number of benzene rings is 1. The monoisotopic (exact) mass is 490 g/mol. The molecule has 0 radical (unpaired) electrons. The molecule has 0 bridgehead atoms. The fourth-order valence-corrected chi connectivity index (χ4v) is 5.32. The Balaban J connectivity index is 1.31. The summed E-state index contributed by atoms with van der Waals surface area (Å²) < 4.78 is 19.0. The fraction of sp³-hybridized carbons (Fsp3) is 0.462. The van der Waals surface area contributed by atoms with Crippen LogP contribution in [0.2, 0.25) is 0 Å². The SMILES string of the molecule is CCNC1CCN(c2cc(F)c(C(=O)Nc3cn4cc(C5CC5)nc(C)c4n3)c3nn(C)cc23)CC1. The van der Waals surface area contributed by atoms with E-state index in [1.165, 1.54) is 6.07 Å². The van der Waals surface area contributed by atoms with E-state index in [4.69, 9.17) is 0 Å². The van der Waals surface area contributed by atoms with E-state index in [2.05, 4.69) is 37.5 Å². The van der Waals surface area contributed by atoms with Crippen molar-refractivity contribution in [3.63, 3.8) is 0 Å². The van der Waals surface area contributed by atoms with Crippen molar-refractivity contribution in [1.29, 1.82) is 0 Å². The number of hydrogen-bond donors (Lipinski definition) is 2. The van der Waals surface area contributed by atoms with Crippen LogP contribution >= 0.6 is 0 Å². The van der Waals surface area contributed by atoms with Crippen LogP contribution in [0, 0.1) is 12.7 Å². The second-order valence-corrected chi connectivity index (χ2v) is 9.97. The third kappa shape index (κ3) is 4.09. The van der Waals surface area contributed by atoms with Crippen LogP contribution < -0.4 is 15.5 Å². The Bertz CT molecular complexity index is 1460. The molecule has 2 aliphatic rings. The summed E-state index contributed by atoms with van der Waals surface area (Å²) in [4.78, 5) is 24.7. The van der Waals surface area contributed by atoms with E-state index < -0.39 is 11.7 Å². The highest BCUT2D eigenvalue weighted by Crippen LogP contribution is 2.39. The maximum Gasteiger partial charge on any atom is 0.262 e. The van der Waals surface area contributed by atoms with Crippen molar-refractivity contribution in [1.82, 2.24) is 29.5 Å². The van der Waals surface area contributed by atoms with E-state index in [9.17, 15) is 4.79 Å². The van der Waals surface area contributed by atoms with Crippen molar-refractivity contribution in [3.05, 3.63) is 47.4 Å². The number of carbonyl (C=O) groups excluding carboxylic acids is 1. The molecule has 2 N–H and O–H groups in total. The Kier molecular flexibility index (Phi) is 5.63. The van der Waals surface area contributed by atoms with Gasteiger partial charge in [-0.1, -0.05) is 6.92 Å². The predicted octanol–water partition coefficient (Wildman–Crippen LogP) is 3.77. The quantitative estimate of drug-likeness (QED) is 0.428. The summed E-state index contributed by atoms with van der Waals surface area (Å²) in [6.07, 6.45) is 9.86. The molecule has 4 aromatic rings. The lowest BCUT2D eigenvalue weighted by Crippen LogP contribution is -2.42. The van der Waals surface area contributed by atoms with Crippen molar-refractivity contribution in [2.75, 3.05) is 29.9 Å². The number of fused-ring (bicyclic) bond motifs is 2. The highest BCUT2D eigenvalue weighted by Gasteiger charge is 2.28. The number of aryl methyl sites for hydroxylation is 2. The van der Waals surface area contributed by atoms with Crippen molar-refractivity contribution >= 4 is 34.0 Å². The molecule has 0 atom stereocenters. The third-order valence-corrected chi connectivity index (χ3v) is 7.26. The topological polar surface area (TPSA) is 92.4 Å². The zero-order valence-corrected chi connectivity index (χ0v) is 20.9. The predicted molar refractivity (Wildman–Crippen MR) is 137 cm³/mol. The zero-order valence-electron chi connectivity index (χ0n) is 20.9. The highest BCUT2D eigenvalue weighted by atomic mass is 19.1. The van der Waals surface area contributed by atoms with Crippen LogP contribution in [0.4, 0.5) is 15.9 Å². The Morgan fingerprint density at radius 3 is 2.64 bits per heavy atom. The Morgan fingerprint density at radius 1 is 1.14 bits per heavy atom. The molecule has 2 fully saturated rings. The molecule has 0 unspecified atom stereocenters. The first-order valence-corrected chi connectivity index (χ1v) is 12.7. The van der Waals surface area contributed by atoms with Gasteiger partial charge in [-0.3, -0.25) is 14.5 Å². The van der Waals surface area contributed by atoms with Crippen molar-refractivity contribution in [2.24, 2.45) is 7.05 Å². The molecular formula is C26H31FN8O. The maximum atomic E-state index is 15.5. The summed E-state index contributed by atoms with van der Waals surface area (Å²) >= 11 is 0. The average molecular weight is 491 g/mol. The largest absolute Gasteiger partial charge is 0.371 e. The number of nitrogens with zero attached hydrogens (tertiary/aromatic N) is 6. The fourth-order valence-electron chi connectivity index (χ4n) is 5.32. The lowest BCUT2D eigenvalue weighted by Gasteiger charge is -2.34. The number of amides is 1. The van der Waals surface area contributed by atoms with E-state index in [1.54, 1.807) is 17.9 Å². The van der Waals surface area contributed by atoms with E-state index in [1.807, 2.05) is 23.7 Å². The minimum absolute atomic E-state index is 0.0672. The third-order valence-electron chi connectivity index (χ3n) is 7.26. The van der Waals surface area contributed by atoms with Gasteiger partial charge in [0, 0.05) is 49.9 Å². The molecule has 4 heterocycles. The standard InChI is InChI=1S/C26H31FN8O/c1-4-28-17-7-9-34(10-8-17)21-11-19(27)23(24-18(21)12-33(3)32-24)26(36)31-22-14-35-13-20(16-5-6-16)29-15(2)25(35)30-22/h11-14,16-17,28H,4-10H2,1-3H3,(H,31,36). The number of nitrogens with one attached hydrogen (secondary N) is 2. The molecule has 10 heteroatoms. The van der Waals surface area contributed by atoms with Crippen molar-refractivity contribution in [2.45, 2.75) is 51.5 Å². The molecule has 1 aromatic carbocycles. The Hall–Kier alpha value is -3.53. The van der Waals surface area contributed by atoms with Crippen molar-refractivity contribution in [3.8, 4) is 0 Å². The van der Waals surface area contributed by atoms with Crippen LogP contribution in [0.5, 0.6) is 0 Å². The minimum Gasteiger partial charge on any atom is -0.371 e. The van der Waals surface area contributed by atoms with Crippen LogP contribution in [-0.4, -0.2) is 55.7 Å². The number of imidazole rings is 1. The van der Waals surface area contributed by atoms with Gasteiger partial charge < -0.3 is 19.9 Å². The summed E-state index contributed by atoms with van der Waals surface area (Å²) in [5, 5.41) is 11.5. The van der Waals surface area contributed by atoms with Gasteiger partial charge in [-0.2, -0.15) is 5.10 Å². The number of anilines is 2. The van der Waals surface area contributed by atoms with Crippen LogP contribution in [0.15, 0.2) is 24.7 Å². The van der Waals surface area contributed by atoms with Gasteiger partial charge in [0.15, 0.2) is 11.5 Å². The zero-order chi connectivity index (χ0) is 25.0. The molecule has 1 aliphatic heterocycles. The normalized spacial score (nSPS) is 16.8. The van der Waals surface area contributed by atoms with Gasteiger partial charge in [-0.15, -0.1) is 0 Å². The van der Waals surface area contributed by atoms with Gasteiger partial charge >= 0.3 is 0 Å². The first-order chi connectivity index (χ1) is 17.4. The van der Waals surface area contributed by atoms with E-state index in [-0.39, 0.29) is 5.56 Å². The van der Waals surface area contributed by atoms with Crippen LogP contribution in [0.25, 0.3) is 16.6 Å². The Labute approximate surface area is 208 Å². The molecular weight excluding hydrogens is 459 g/mol. The summed E-state index contributed by atoms with van der Waals surface area (Å²) in [6, 6.07) is 1.96. The molecule has 1 amide bonds. The van der Waals surface area contributed by atoms with Gasteiger partial charge in [-0.25, -0.2) is 9.37 Å². The van der Waals surface area contributed by atoms with Gasteiger partial charge in [0.25, 0.3) is 5.91 Å². The van der Waals surface area contributed by atoms with E-state index in [0.29, 0.717) is 28.9 Å². The molecule has 0 spiro atoms. The summed E-state index contributed by atoms with van der Waals surface area (Å²) in [5.74, 6) is -0.284. The van der Waals surface area contributed by atoms with Crippen LogP contribution in [-0.2, 0) is 7.05 Å². The molecule has 6 rings (SSSR count). The molecule has 1 saturated heterocycles. The number of piperidine rings is 1. The van der Waals surface area contributed by atoms with Gasteiger partial charge in [0.05, 0.1) is 23.3 Å². The molecule has 1 aliphatic carbocycles. The average Bonchev–Trinajstić information content (AvgIpc) is 3.51. The smallest absolute Gasteiger partial charge is 0.262 e. The van der Waals surface area contributed by atoms with E-state index >= 15 is 4.39 Å². The lowest BCUT2D eigenvalue weighted by atomic mass is 10.0. The molecule has 36 heavy (non-hydrogen) atoms. The van der Waals surface area contributed by atoms with Gasteiger partial charge in [-0.05, 0) is 45.2 Å². The number of halogens is 1. The second-order valence-electron chi connectivity index (χ2n) is 9.97. The second kappa shape index (κ2) is 8.85. The van der Waals surface area contributed by atoms with Crippen LogP contribution in [0.3, 0.4) is 0 Å². The van der Waals surface area contributed by atoms with Gasteiger partial charge in [0.2, 0.25) is 0 Å². The number of rotatable bonds is 6. The first-order valence-electron chi connectivity index (χ1n) is 12.7. The van der Waals surface area contributed by atoms with Gasteiger partial charge in [0.1, 0.15) is 16.9 Å². The maximum absolute atomic E-state index is 15.5.